The van der Waals surface area contributed by atoms with Gasteiger partial charge in [0.25, 0.3) is 5.91 Å². The van der Waals surface area contributed by atoms with E-state index in [9.17, 15) is 4.79 Å². The van der Waals surface area contributed by atoms with Crippen molar-refractivity contribution in [2.75, 3.05) is 40.3 Å². The van der Waals surface area contributed by atoms with Gasteiger partial charge in [-0.25, -0.2) is 0 Å². The van der Waals surface area contributed by atoms with E-state index >= 15 is 0 Å². The molecule has 6 heteroatoms. The molecule has 0 aliphatic carbocycles. The van der Waals surface area contributed by atoms with Crippen LogP contribution in [-0.4, -0.2) is 62.1 Å². The molecule has 1 aromatic rings. The molecule has 1 amide bonds. The fourth-order valence-corrected chi connectivity index (χ4v) is 2.82. The molecular formula is C14H20BrN3O2. The first-order valence-corrected chi connectivity index (χ1v) is 7.39. The van der Waals surface area contributed by atoms with Crippen molar-refractivity contribution in [1.29, 1.82) is 0 Å². The summed E-state index contributed by atoms with van der Waals surface area (Å²) in [5.41, 5.74) is 6.39. The van der Waals surface area contributed by atoms with E-state index in [4.69, 9.17) is 10.5 Å². The first-order valence-electron chi connectivity index (χ1n) is 6.60. The van der Waals surface area contributed by atoms with E-state index in [1.54, 1.807) is 19.2 Å². The quantitative estimate of drug-likeness (QED) is 0.896. The van der Waals surface area contributed by atoms with Gasteiger partial charge in [-0.05, 0) is 25.2 Å². The van der Waals surface area contributed by atoms with Crippen LogP contribution in [0, 0.1) is 0 Å². The average Bonchev–Trinajstić information content (AvgIpc) is 2.46. The number of halogens is 1. The summed E-state index contributed by atoms with van der Waals surface area (Å²) in [7, 11) is 3.62. The number of hydrogen-bond donors (Lipinski definition) is 1. The number of methoxy groups -OCH3 is 1. The molecule has 1 saturated heterocycles. The molecule has 0 aromatic heterocycles. The van der Waals surface area contributed by atoms with Gasteiger partial charge in [0.2, 0.25) is 0 Å². The molecule has 1 aromatic carbocycles. The van der Waals surface area contributed by atoms with Gasteiger partial charge in [0.1, 0.15) is 5.75 Å². The Hall–Kier alpha value is -1.11. The highest BCUT2D eigenvalue weighted by atomic mass is 79.9. The first-order chi connectivity index (χ1) is 9.56. The molecule has 0 spiro atoms. The van der Waals surface area contributed by atoms with Crippen molar-refractivity contribution in [3.63, 3.8) is 0 Å². The number of rotatable bonds is 3. The van der Waals surface area contributed by atoms with Crippen molar-refractivity contribution >= 4 is 21.8 Å². The van der Waals surface area contributed by atoms with Gasteiger partial charge >= 0.3 is 0 Å². The lowest BCUT2D eigenvalue weighted by atomic mass is 10.1. The Morgan fingerprint density at radius 2 is 2.25 bits per heavy atom. The zero-order chi connectivity index (χ0) is 14.7. The maximum atomic E-state index is 12.7. The predicted molar refractivity (Wildman–Crippen MR) is 82.1 cm³/mol. The second-order valence-electron chi connectivity index (χ2n) is 4.99. The van der Waals surface area contributed by atoms with Crippen molar-refractivity contribution in [2.24, 2.45) is 5.73 Å². The fourth-order valence-electron chi connectivity index (χ4n) is 2.48. The molecule has 0 bridgehead atoms. The summed E-state index contributed by atoms with van der Waals surface area (Å²) in [4.78, 5) is 16.8. The number of carbonyl (C=O) groups excluding carboxylic acids is 1. The minimum atomic E-state index is -0.0158. The van der Waals surface area contributed by atoms with Crippen LogP contribution in [0.25, 0.3) is 0 Å². The van der Waals surface area contributed by atoms with Crippen LogP contribution >= 0.6 is 15.9 Å². The lowest BCUT2D eigenvalue weighted by Gasteiger charge is -2.39. The molecule has 1 unspecified atom stereocenters. The molecule has 1 heterocycles. The monoisotopic (exact) mass is 341 g/mol. The lowest BCUT2D eigenvalue weighted by Crippen LogP contribution is -2.56. The number of amides is 1. The highest BCUT2D eigenvalue weighted by Crippen LogP contribution is 2.25. The van der Waals surface area contributed by atoms with Gasteiger partial charge in [-0.2, -0.15) is 0 Å². The molecular weight excluding hydrogens is 322 g/mol. The summed E-state index contributed by atoms with van der Waals surface area (Å²) < 4.78 is 6.20. The predicted octanol–water partition coefficient (Wildman–Crippen LogP) is 1.17. The normalized spacial score (nSPS) is 20.0. The highest BCUT2D eigenvalue weighted by molar-refractivity contribution is 9.10. The van der Waals surface area contributed by atoms with Crippen LogP contribution in [0.4, 0.5) is 0 Å². The zero-order valence-electron chi connectivity index (χ0n) is 11.8. The third-order valence-electron chi connectivity index (χ3n) is 3.61. The topological polar surface area (TPSA) is 58.8 Å². The Bertz CT molecular complexity index is 495. The third-order valence-corrected chi connectivity index (χ3v) is 4.11. The molecule has 110 valence electrons. The molecule has 0 radical (unpaired) electrons. The fraction of sp³-hybridized carbons (Fsp3) is 0.500. The molecule has 1 aliphatic rings. The summed E-state index contributed by atoms with van der Waals surface area (Å²) in [5, 5.41) is 0. The van der Waals surface area contributed by atoms with Crippen molar-refractivity contribution < 1.29 is 9.53 Å². The van der Waals surface area contributed by atoms with Gasteiger partial charge in [-0.3, -0.25) is 4.79 Å². The van der Waals surface area contributed by atoms with Crippen LogP contribution in [0.1, 0.15) is 10.4 Å². The third kappa shape index (κ3) is 3.13. The molecule has 1 fully saturated rings. The van der Waals surface area contributed by atoms with Gasteiger partial charge < -0.3 is 20.3 Å². The van der Waals surface area contributed by atoms with Gasteiger partial charge in [0.15, 0.2) is 0 Å². The van der Waals surface area contributed by atoms with Crippen LogP contribution in [0.3, 0.4) is 0 Å². The van der Waals surface area contributed by atoms with Crippen molar-refractivity contribution in [3.05, 3.63) is 28.2 Å². The summed E-state index contributed by atoms with van der Waals surface area (Å²) in [6.07, 6.45) is 0. The first kappa shape index (κ1) is 15.3. The van der Waals surface area contributed by atoms with Gasteiger partial charge in [-0.15, -0.1) is 0 Å². The Balaban J connectivity index is 2.26. The number of nitrogens with zero attached hydrogens (tertiary/aromatic N) is 2. The van der Waals surface area contributed by atoms with Crippen LogP contribution in [-0.2, 0) is 0 Å². The molecule has 1 atom stereocenters. The van der Waals surface area contributed by atoms with E-state index in [-0.39, 0.29) is 11.9 Å². The zero-order valence-corrected chi connectivity index (χ0v) is 13.4. The number of carbonyl (C=O) groups is 1. The summed E-state index contributed by atoms with van der Waals surface area (Å²) in [5.74, 6) is 0.567. The van der Waals surface area contributed by atoms with E-state index in [1.807, 2.05) is 18.0 Å². The van der Waals surface area contributed by atoms with Crippen molar-refractivity contribution in [1.82, 2.24) is 9.80 Å². The number of ether oxygens (including phenoxy) is 1. The number of nitrogens with two attached hydrogens (primary N) is 1. The molecule has 1 aliphatic heterocycles. The molecule has 5 nitrogen and oxygen atoms in total. The van der Waals surface area contributed by atoms with E-state index < -0.39 is 0 Å². The standard InChI is InChI=1S/C14H20BrN3O2/c1-17-5-6-18(11(8-16)9-17)14(19)12-4-3-10(15)7-13(12)20-2/h3-4,7,11H,5-6,8-9,16H2,1-2H3. The van der Waals surface area contributed by atoms with Gasteiger partial charge in [0.05, 0.1) is 18.7 Å². The Kier molecular flexibility index (Phi) is 5.01. The molecule has 20 heavy (non-hydrogen) atoms. The van der Waals surface area contributed by atoms with E-state index in [0.717, 1.165) is 17.6 Å². The average molecular weight is 342 g/mol. The van der Waals surface area contributed by atoms with E-state index in [0.29, 0.717) is 24.4 Å². The second kappa shape index (κ2) is 6.56. The van der Waals surface area contributed by atoms with Crippen LogP contribution in [0.15, 0.2) is 22.7 Å². The smallest absolute Gasteiger partial charge is 0.258 e. The van der Waals surface area contributed by atoms with Crippen molar-refractivity contribution in [2.45, 2.75) is 6.04 Å². The van der Waals surface area contributed by atoms with Crippen molar-refractivity contribution in [3.8, 4) is 5.75 Å². The van der Waals surface area contributed by atoms with Gasteiger partial charge in [0, 0.05) is 30.7 Å². The maximum Gasteiger partial charge on any atom is 0.258 e. The molecule has 2 N–H and O–H groups in total. The maximum absolute atomic E-state index is 12.7. The number of piperazine rings is 1. The Labute approximate surface area is 127 Å². The minimum Gasteiger partial charge on any atom is -0.496 e. The van der Waals surface area contributed by atoms with Crippen LogP contribution in [0.5, 0.6) is 5.75 Å². The number of likely N-dealkylation sites (N-methyl/N-ethyl adjacent to an activating group) is 1. The highest BCUT2D eigenvalue weighted by Gasteiger charge is 2.30. The largest absolute Gasteiger partial charge is 0.496 e. The Morgan fingerprint density at radius 1 is 1.50 bits per heavy atom. The second-order valence-corrected chi connectivity index (χ2v) is 5.91. The van der Waals surface area contributed by atoms with Gasteiger partial charge in [-0.1, -0.05) is 15.9 Å². The molecule has 2 rings (SSSR count). The van der Waals surface area contributed by atoms with Crippen LogP contribution in [0.2, 0.25) is 0 Å². The summed E-state index contributed by atoms with van der Waals surface area (Å²) >= 11 is 3.38. The Morgan fingerprint density at radius 3 is 2.90 bits per heavy atom. The number of benzene rings is 1. The van der Waals surface area contributed by atoms with E-state index in [2.05, 4.69) is 20.8 Å². The SMILES string of the molecule is COc1cc(Br)ccc1C(=O)N1CCN(C)CC1CN. The summed E-state index contributed by atoms with van der Waals surface area (Å²) in [6, 6.07) is 5.50. The van der Waals surface area contributed by atoms with Crippen LogP contribution < -0.4 is 10.5 Å². The number of hydrogen-bond acceptors (Lipinski definition) is 4. The lowest BCUT2D eigenvalue weighted by molar-refractivity contribution is 0.0513. The molecule has 0 saturated carbocycles. The minimum absolute atomic E-state index is 0.0158. The van der Waals surface area contributed by atoms with E-state index in [1.165, 1.54) is 0 Å². The summed E-state index contributed by atoms with van der Waals surface area (Å²) in [6.45, 7) is 2.83.